The number of nitrogens with zero attached hydrogens (tertiary/aromatic N) is 3. The van der Waals surface area contributed by atoms with Crippen LogP contribution in [0.3, 0.4) is 0 Å². The van der Waals surface area contributed by atoms with Gasteiger partial charge in [-0.2, -0.15) is 5.10 Å². The molecule has 39 heavy (non-hydrogen) atoms. The highest BCUT2D eigenvalue weighted by atomic mass is 35.5. The molecule has 0 spiro atoms. The number of para-hydroxylation sites is 1. The summed E-state index contributed by atoms with van der Waals surface area (Å²) >= 11 is 12.6. The van der Waals surface area contributed by atoms with Crippen LogP contribution in [-0.2, 0) is 14.8 Å². The number of hydrogen-bond acceptors (Lipinski definition) is 4. The van der Waals surface area contributed by atoms with Gasteiger partial charge in [0, 0.05) is 17.0 Å². The Hall–Kier alpha value is -3.59. The predicted octanol–water partition coefficient (Wildman–Crippen LogP) is 6.36. The van der Waals surface area contributed by atoms with E-state index < -0.39 is 22.5 Å². The molecule has 0 saturated carbocycles. The number of amides is 1. The summed E-state index contributed by atoms with van der Waals surface area (Å²) in [6.07, 6.45) is 1.52. The van der Waals surface area contributed by atoms with Crippen LogP contribution in [0.2, 0.25) is 10.0 Å². The van der Waals surface area contributed by atoms with E-state index in [0.29, 0.717) is 15.7 Å². The Bertz CT molecular complexity index is 1660. The van der Waals surface area contributed by atoms with E-state index in [9.17, 15) is 13.2 Å². The lowest BCUT2D eigenvalue weighted by Gasteiger charge is -2.25. The Balaban J connectivity index is 1.58. The number of aryl methyl sites for hydroxylation is 3. The lowest BCUT2D eigenvalue weighted by atomic mass is 10.2. The van der Waals surface area contributed by atoms with E-state index in [4.69, 9.17) is 23.2 Å². The summed E-state index contributed by atoms with van der Waals surface area (Å²) in [5.41, 5.74) is 7.77. The SMILES string of the molecule is Cc1ccc(S(=O)(=O)N(CC(=O)N/N=C\c2cc(C)n(-c3cccc(Cl)c3Cl)c2C)c2ccccc2C)cc1. The van der Waals surface area contributed by atoms with E-state index in [1.54, 1.807) is 43.3 Å². The maximum atomic E-state index is 13.6. The first kappa shape index (κ1) is 28.4. The predicted molar refractivity (Wildman–Crippen MR) is 158 cm³/mol. The highest BCUT2D eigenvalue weighted by Crippen LogP contribution is 2.31. The van der Waals surface area contributed by atoms with Crippen molar-refractivity contribution >= 4 is 51.0 Å². The molecule has 1 aromatic heterocycles. The number of rotatable bonds is 8. The monoisotopic (exact) mass is 582 g/mol. The third kappa shape index (κ3) is 6.03. The zero-order valence-corrected chi connectivity index (χ0v) is 24.3. The van der Waals surface area contributed by atoms with Crippen molar-refractivity contribution in [3.05, 3.63) is 111 Å². The molecule has 1 N–H and O–H groups in total. The molecule has 10 heteroatoms. The number of carbonyl (C=O) groups is 1. The van der Waals surface area contributed by atoms with Crippen molar-refractivity contribution in [1.29, 1.82) is 0 Å². The number of nitrogens with one attached hydrogen (secondary N) is 1. The van der Waals surface area contributed by atoms with Crippen molar-refractivity contribution in [3.63, 3.8) is 0 Å². The number of anilines is 1. The van der Waals surface area contributed by atoms with Crippen LogP contribution in [0.25, 0.3) is 5.69 Å². The van der Waals surface area contributed by atoms with Crippen molar-refractivity contribution < 1.29 is 13.2 Å². The standard InChI is InChI=1S/C29H28Cl2N4O3S/c1-19-12-14-24(15-13-19)39(37,38)34(26-10-6-5-8-20(26)2)18-28(36)33-32-17-23-16-21(3)35(22(23)4)27-11-7-9-25(30)29(27)31/h5-17H,18H2,1-4H3,(H,33,36)/b32-17-. The largest absolute Gasteiger partial charge is 0.316 e. The topological polar surface area (TPSA) is 83.8 Å². The zero-order chi connectivity index (χ0) is 28.3. The molecule has 1 heterocycles. The summed E-state index contributed by atoms with van der Waals surface area (Å²) in [7, 11) is -4.02. The zero-order valence-electron chi connectivity index (χ0n) is 21.9. The minimum atomic E-state index is -4.02. The fourth-order valence-corrected chi connectivity index (χ4v) is 6.14. The quantitative estimate of drug-likeness (QED) is 0.194. The third-order valence-electron chi connectivity index (χ3n) is 6.32. The molecule has 4 aromatic rings. The maximum Gasteiger partial charge on any atom is 0.264 e. The van der Waals surface area contributed by atoms with Crippen molar-refractivity contribution in [1.82, 2.24) is 9.99 Å². The summed E-state index contributed by atoms with van der Waals surface area (Å²) in [5.74, 6) is -0.586. The van der Waals surface area contributed by atoms with Gasteiger partial charge in [-0.1, -0.05) is 65.2 Å². The van der Waals surface area contributed by atoms with Gasteiger partial charge < -0.3 is 4.57 Å². The molecular weight excluding hydrogens is 555 g/mol. The fourth-order valence-electron chi connectivity index (χ4n) is 4.27. The Labute approximate surface area is 238 Å². The average Bonchev–Trinajstić information content (AvgIpc) is 3.17. The van der Waals surface area contributed by atoms with Gasteiger partial charge in [-0.3, -0.25) is 9.10 Å². The molecule has 202 valence electrons. The van der Waals surface area contributed by atoms with E-state index >= 15 is 0 Å². The van der Waals surface area contributed by atoms with Gasteiger partial charge in [-0.25, -0.2) is 13.8 Å². The first-order valence-corrected chi connectivity index (χ1v) is 14.3. The highest BCUT2D eigenvalue weighted by molar-refractivity contribution is 7.92. The second kappa shape index (κ2) is 11.7. The van der Waals surface area contributed by atoms with Gasteiger partial charge >= 0.3 is 0 Å². The number of aromatic nitrogens is 1. The molecule has 4 rings (SSSR count). The number of hydrogen-bond donors (Lipinski definition) is 1. The smallest absolute Gasteiger partial charge is 0.264 e. The van der Waals surface area contributed by atoms with Crippen LogP contribution in [0.1, 0.15) is 28.1 Å². The number of halogens is 2. The molecule has 0 radical (unpaired) electrons. The molecule has 0 aliphatic heterocycles. The number of hydrazone groups is 1. The van der Waals surface area contributed by atoms with Crippen LogP contribution in [0, 0.1) is 27.7 Å². The van der Waals surface area contributed by atoms with Crippen LogP contribution in [0.15, 0.2) is 82.8 Å². The molecule has 0 fully saturated rings. The second-order valence-corrected chi connectivity index (χ2v) is 11.8. The van der Waals surface area contributed by atoms with E-state index in [1.807, 2.05) is 49.6 Å². The lowest BCUT2D eigenvalue weighted by Crippen LogP contribution is -2.40. The molecule has 1 amide bonds. The van der Waals surface area contributed by atoms with Gasteiger partial charge in [0.05, 0.1) is 32.5 Å². The summed E-state index contributed by atoms with van der Waals surface area (Å²) in [5, 5.41) is 4.99. The van der Waals surface area contributed by atoms with Crippen molar-refractivity contribution in [3.8, 4) is 5.69 Å². The molecule has 7 nitrogen and oxygen atoms in total. The normalized spacial score (nSPS) is 11.6. The first-order chi connectivity index (χ1) is 18.5. The van der Waals surface area contributed by atoms with Crippen LogP contribution >= 0.6 is 23.2 Å². The average molecular weight is 584 g/mol. The molecule has 0 bridgehead atoms. The van der Waals surface area contributed by atoms with Gasteiger partial charge in [0.2, 0.25) is 0 Å². The maximum absolute atomic E-state index is 13.6. The summed E-state index contributed by atoms with van der Waals surface area (Å²) < 4.78 is 30.2. The number of sulfonamides is 1. The molecule has 0 aliphatic carbocycles. The van der Waals surface area contributed by atoms with E-state index in [0.717, 1.165) is 38.1 Å². The Kier molecular flexibility index (Phi) is 8.49. The van der Waals surface area contributed by atoms with Crippen molar-refractivity contribution in [2.24, 2.45) is 5.10 Å². The molecular formula is C29H28Cl2N4O3S. The van der Waals surface area contributed by atoms with Gasteiger partial charge in [0.15, 0.2) is 0 Å². The minimum absolute atomic E-state index is 0.0970. The second-order valence-electron chi connectivity index (χ2n) is 9.14. The fraction of sp³-hybridized carbons (Fsp3) is 0.172. The van der Waals surface area contributed by atoms with Crippen LogP contribution in [0.4, 0.5) is 5.69 Å². The van der Waals surface area contributed by atoms with Gasteiger partial charge in [-0.15, -0.1) is 0 Å². The first-order valence-electron chi connectivity index (χ1n) is 12.1. The van der Waals surface area contributed by atoms with Crippen LogP contribution in [0.5, 0.6) is 0 Å². The summed E-state index contributed by atoms with van der Waals surface area (Å²) in [6.45, 7) is 7.06. The molecule has 0 aliphatic rings. The van der Waals surface area contributed by atoms with Crippen molar-refractivity contribution in [2.45, 2.75) is 32.6 Å². The van der Waals surface area contributed by atoms with Crippen molar-refractivity contribution in [2.75, 3.05) is 10.8 Å². The lowest BCUT2D eigenvalue weighted by molar-refractivity contribution is -0.119. The molecule has 0 saturated heterocycles. The third-order valence-corrected chi connectivity index (χ3v) is 8.90. The van der Waals surface area contributed by atoms with E-state index in [2.05, 4.69) is 10.5 Å². The molecule has 0 atom stereocenters. The minimum Gasteiger partial charge on any atom is -0.316 e. The Morgan fingerprint density at radius 3 is 2.36 bits per heavy atom. The van der Waals surface area contributed by atoms with Gasteiger partial charge in [-0.05, 0) is 69.7 Å². The van der Waals surface area contributed by atoms with Gasteiger partial charge in [0.1, 0.15) is 6.54 Å². The number of benzene rings is 3. The Morgan fingerprint density at radius 2 is 1.67 bits per heavy atom. The van der Waals surface area contributed by atoms with Gasteiger partial charge in [0.25, 0.3) is 15.9 Å². The molecule has 0 unspecified atom stereocenters. The van der Waals surface area contributed by atoms with E-state index in [-0.39, 0.29) is 4.90 Å². The summed E-state index contributed by atoms with van der Waals surface area (Å²) in [4.78, 5) is 13.0. The van der Waals surface area contributed by atoms with E-state index in [1.165, 1.54) is 18.3 Å². The Morgan fingerprint density at radius 1 is 0.974 bits per heavy atom. The van der Waals surface area contributed by atoms with Crippen LogP contribution < -0.4 is 9.73 Å². The van der Waals surface area contributed by atoms with Crippen LogP contribution in [-0.4, -0.2) is 31.7 Å². The number of carbonyl (C=O) groups excluding carboxylic acids is 1. The highest BCUT2D eigenvalue weighted by Gasteiger charge is 2.28. The summed E-state index contributed by atoms with van der Waals surface area (Å²) in [6, 6.07) is 20.8. The molecule has 3 aromatic carbocycles.